The predicted octanol–water partition coefficient (Wildman–Crippen LogP) is 2.22. The number of carbonyl (C=O) groups is 1. The number of aliphatic hydroxyl groups excluding tert-OH is 1. The topological polar surface area (TPSA) is 49.3 Å². The van der Waals surface area contributed by atoms with E-state index in [-0.39, 0.29) is 24.5 Å². The molecule has 0 saturated heterocycles. The summed E-state index contributed by atoms with van der Waals surface area (Å²) >= 11 is 1.76. The Morgan fingerprint density at radius 3 is 2.68 bits per heavy atom. The second-order valence-electron chi connectivity index (χ2n) is 4.77. The third-order valence-corrected chi connectivity index (χ3v) is 3.87. The van der Waals surface area contributed by atoms with Gasteiger partial charge in [-0.05, 0) is 30.4 Å². The van der Waals surface area contributed by atoms with Gasteiger partial charge in [-0.2, -0.15) is 11.8 Å². The first kappa shape index (κ1) is 14.2. The fourth-order valence-electron chi connectivity index (χ4n) is 2.19. The maximum atomic E-state index is 12.1. The van der Waals surface area contributed by atoms with Crippen molar-refractivity contribution in [1.82, 2.24) is 5.32 Å². The molecule has 1 amide bonds. The van der Waals surface area contributed by atoms with Gasteiger partial charge in [-0.15, -0.1) is 0 Å². The minimum Gasteiger partial charge on any atom is -0.396 e. The fourth-order valence-corrected chi connectivity index (χ4v) is 2.71. The molecule has 2 atom stereocenters. The van der Waals surface area contributed by atoms with Crippen LogP contribution in [0.5, 0.6) is 0 Å². The molecule has 3 nitrogen and oxygen atoms in total. The summed E-state index contributed by atoms with van der Waals surface area (Å²) in [4.78, 5) is 12.1. The predicted molar refractivity (Wildman–Crippen MR) is 79.2 cm³/mol. The Hall–Kier alpha value is -1.26. The lowest BCUT2D eigenvalue weighted by atomic mass is 10.1. The van der Waals surface area contributed by atoms with E-state index in [1.165, 1.54) is 5.56 Å². The molecule has 0 saturated carbocycles. The molecule has 1 aliphatic carbocycles. The molecule has 2 rings (SSSR count). The van der Waals surface area contributed by atoms with E-state index in [1.807, 2.05) is 36.4 Å². The number of hydrogen-bond donors (Lipinski definition) is 2. The summed E-state index contributed by atoms with van der Waals surface area (Å²) in [5.41, 5.74) is 1.91. The number of benzene rings is 1. The molecular weight excluding hydrogens is 258 g/mol. The van der Waals surface area contributed by atoms with Gasteiger partial charge >= 0.3 is 0 Å². The molecule has 102 valence electrons. The smallest absolute Gasteiger partial charge is 0.251 e. The van der Waals surface area contributed by atoms with Crippen LogP contribution in [0.15, 0.2) is 36.4 Å². The third kappa shape index (κ3) is 3.85. The molecule has 2 N–H and O–H groups in total. The van der Waals surface area contributed by atoms with Crippen molar-refractivity contribution in [2.75, 3.05) is 12.9 Å². The van der Waals surface area contributed by atoms with Crippen LogP contribution in [-0.4, -0.2) is 29.9 Å². The molecule has 19 heavy (non-hydrogen) atoms. The molecule has 0 spiro atoms. The minimum atomic E-state index is -0.0519. The van der Waals surface area contributed by atoms with Crippen LogP contribution in [0.2, 0.25) is 0 Å². The number of hydrogen-bond acceptors (Lipinski definition) is 3. The van der Waals surface area contributed by atoms with Crippen molar-refractivity contribution in [3.05, 3.63) is 47.5 Å². The van der Waals surface area contributed by atoms with Gasteiger partial charge in [0.1, 0.15) is 0 Å². The summed E-state index contributed by atoms with van der Waals surface area (Å²) in [6.45, 7) is 0.145. The van der Waals surface area contributed by atoms with Gasteiger partial charge in [0, 0.05) is 29.9 Å². The number of aliphatic hydroxyl groups is 1. The maximum absolute atomic E-state index is 12.1. The van der Waals surface area contributed by atoms with Gasteiger partial charge < -0.3 is 10.4 Å². The molecule has 0 aliphatic heterocycles. The average molecular weight is 277 g/mol. The highest BCUT2D eigenvalue weighted by molar-refractivity contribution is 7.97. The van der Waals surface area contributed by atoms with Crippen LogP contribution < -0.4 is 5.32 Å². The lowest BCUT2D eigenvalue weighted by Gasteiger charge is -2.13. The molecule has 0 heterocycles. The SMILES string of the molecule is CSCc1ccc(C(=O)N[C@@H]2C=C[C@H](CO)C2)cc1. The third-order valence-electron chi connectivity index (χ3n) is 3.25. The first-order chi connectivity index (χ1) is 9.22. The van der Waals surface area contributed by atoms with Crippen LogP contribution in [0.25, 0.3) is 0 Å². The molecule has 0 bridgehead atoms. The zero-order valence-electron chi connectivity index (χ0n) is 11.0. The highest BCUT2D eigenvalue weighted by Crippen LogP contribution is 2.17. The molecule has 4 heteroatoms. The number of thioether (sulfide) groups is 1. The van der Waals surface area contributed by atoms with Crippen LogP contribution in [-0.2, 0) is 5.75 Å². The van der Waals surface area contributed by atoms with E-state index in [2.05, 4.69) is 11.6 Å². The van der Waals surface area contributed by atoms with E-state index in [9.17, 15) is 4.79 Å². The van der Waals surface area contributed by atoms with Gasteiger partial charge in [-0.25, -0.2) is 0 Å². The first-order valence-electron chi connectivity index (χ1n) is 6.41. The van der Waals surface area contributed by atoms with Crippen LogP contribution in [0.3, 0.4) is 0 Å². The average Bonchev–Trinajstić information content (AvgIpc) is 2.87. The Kier molecular flexibility index (Phi) is 5.05. The summed E-state index contributed by atoms with van der Waals surface area (Å²) in [5, 5.41) is 12.0. The van der Waals surface area contributed by atoms with Crippen molar-refractivity contribution in [3.8, 4) is 0 Å². The van der Waals surface area contributed by atoms with Crippen LogP contribution >= 0.6 is 11.8 Å². The maximum Gasteiger partial charge on any atom is 0.251 e. The number of carbonyl (C=O) groups excluding carboxylic acids is 1. The second-order valence-corrected chi connectivity index (χ2v) is 5.64. The summed E-state index contributed by atoms with van der Waals surface area (Å²) in [6, 6.07) is 7.75. The molecule has 0 radical (unpaired) electrons. The Labute approximate surface area is 118 Å². The van der Waals surface area contributed by atoms with Crippen molar-refractivity contribution in [2.45, 2.75) is 18.2 Å². The fraction of sp³-hybridized carbons (Fsp3) is 0.400. The zero-order chi connectivity index (χ0) is 13.7. The van der Waals surface area contributed by atoms with Crippen molar-refractivity contribution in [1.29, 1.82) is 0 Å². The highest BCUT2D eigenvalue weighted by atomic mass is 32.2. The lowest BCUT2D eigenvalue weighted by Crippen LogP contribution is -2.32. The number of amides is 1. The van der Waals surface area contributed by atoms with E-state index in [0.29, 0.717) is 5.56 Å². The Morgan fingerprint density at radius 2 is 2.11 bits per heavy atom. The Balaban J connectivity index is 1.91. The first-order valence-corrected chi connectivity index (χ1v) is 7.80. The number of nitrogens with one attached hydrogen (secondary N) is 1. The molecule has 0 fully saturated rings. The molecule has 1 aromatic rings. The van der Waals surface area contributed by atoms with Crippen LogP contribution in [0.4, 0.5) is 0 Å². The molecule has 0 aromatic heterocycles. The zero-order valence-corrected chi connectivity index (χ0v) is 11.8. The molecule has 1 aromatic carbocycles. The van der Waals surface area contributed by atoms with Crippen molar-refractivity contribution in [3.63, 3.8) is 0 Å². The molecule has 1 aliphatic rings. The molecular formula is C15H19NO2S. The summed E-state index contributed by atoms with van der Waals surface area (Å²) < 4.78 is 0. The van der Waals surface area contributed by atoms with E-state index >= 15 is 0 Å². The van der Waals surface area contributed by atoms with Crippen molar-refractivity contribution < 1.29 is 9.90 Å². The second kappa shape index (κ2) is 6.78. The van der Waals surface area contributed by atoms with Crippen LogP contribution in [0, 0.1) is 5.92 Å². The largest absolute Gasteiger partial charge is 0.396 e. The Morgan fingerprint density at radius 1 is 1.37 bits per heavy atom. The Bertz CT molecular complexity index is 456. The van der Waals surface area contributed by atoms with E-state index in [4.69, 9.17) is 5.11 Å². The van der Waals surface area contributed by atoms with Gasteiger partial charge in [0.2, 0.25) is 0 Å². The lowest BCUT2D eigenvalue weighted by molar-refractivity contribution is 0.0941. The van der Waals surface area contributed by atoms with Gasteiger partial charge in [0.25, 0.3) is 5.91 Å². The normalized spacial score (nSPS) is 21.6. The highest BCUT2D eigenvalue weighted by Gasteiger charge is 2.20. The molecule has 0 unspecified atom stereocenters. The van der Waals surface area contributed by atoms with Gasteiger partial charge in [-0.1, -0.05) is 24.3 Å². The van der Waals surface area contributed by atoms with Gasteiger partial charge in [-0.3, -0.25) is 4.79 Å². The van der Waals surface area contributed by atoms with Crippen molar-refractivity contribution in [2.24, 2.45) is 5.92 Å². The summed E-state index contributed by atoms with van der Waals surface area (Å²) in [7, 11) is 0. The van der Waals surface area contributed by atoms with Gasteiger partial charge in [0.05, 0.1) is 0 Å². The van der Waals surface area contributed by atoms with Gasteiger partial charge in [0.15, 0.2) is 0 Å². The van der Waals surface area contributed by atoms with E-state index < -0.39 is 0 Å². The quantitative estimate of drug-likeness (QED) is 0.811. The van der Waals surface area contributed by atoms with E-state index in [0.717, 1.165) is 12.2 Å². The monoisotopic (exact) mass is 277 g/mol. The minimum absolute atomic E-state index is 0.0375. The standard InChI is InChI=1S/C15H19NO2S/c1-19-10-11-2-5-13(6-3-11)15(18)16-14-7-4-12(8-14)9-17/h2-7,12,14,17H,8-10H2,1H3,(H,16,18)/t12-,14+/m0/s1. The summed E-state index contributed by atoms with van der Waals surface area (Å²) in [5.74, 6) is 1.09. The van der Waals surface area contributed by atoms with Crippen LogP contribution in [0.1, 0.15) is 22.3 Å². The number of rotatable bonds is 5. The van der Waals surface area contributed by atoms with E-state index in [1.54, 1.807) is 11.8 Å². The summed E-state index contributed by atoms with van der Waals surface area (Å²) in [6.07, 6.45) is 6.77. The van der Waals surface area contributed by atoms with Crippen molar-refractivity contribution >= 4 is 17.7 Å².